The third-order valence-electron chi connectivity index (χ3n) is 6.27. The molecule has 3 rings (SSSR count). The number of carbonyl (C=O) groups excluding carboxylic acids is 2. The van der Waals surface area contributed by atoms with Crippen LogP contribution < -0.4 is 10.6 Å². The number of nitrogens with one attached hydrogen (secondary N) is 2. The minimum absolute atomic E-state index is 0.0267. The van der Waals surface area contributed by atoms with Crippen LogP contribution in [0, 0.1) is 0 Å². The highest BCUT2D eigenvalue weighted by Crippen LogP contribution is 2.20. The lowest BCUT2D eigenvalue weighted by molar-refractivity contribution is -0.129. The van der Waals surface area contributed by atoms with E-state index in [-0.39, 0.29) is 29.1 Å². The van der Waals surface area contributed by atoms with E-state index in [1.807, 2.05) is 24.0 Å². The van der Waals surface area contributed by atoms with Gasteiger partial charge in [-0.15, -0.1) is 0 Å². The van der Waals surface area contributed by atoms with Crippen LogP contribution in [0.4, 0.5) is 0 Å². The number of rotatable bonds is 10. The maximum atomic E-state index is 12.8. The van der Waals surface area contributed by atoms with Crippen molar-refractivity contribution in [3.63, 3.8) is 0 Å². The average Bonchev–Trinajstić information content (AvgIpc) is 3.26. The quantitative estimate of drug-likeness (QED) is 0.430. The van der Waals surface area contributed by atoms with Gasteiger partial charge in [-0.1, -0.05) is 43.3 Å². The maximum Gasteiger partial charge on any atom is 0.227 e. The molecule has 2 unspecified atom stereocenters. The van der Waals surface area contributed by atoms with Gasteiger partial charge in [0.25, 0.3) is 0 Å². The van der Waals surface area contributed by atoms with Crippen LogP contribution in [0.1, 0.15) is 56.4 Å². The molecule has 0 saturated carbocycles. The third-order valence-corrected chi connectivity index (χ3v) is 6.27. The Morgan fingerprint density at radius 2 is 1.85 bits per heavy atom. The monoisotopic (exact) mass is 467 g/mol. The number of hydrogen-bond acceptors (Lipinski definition) is 5. The molecule has 2 atom stereocenters. The second-order valence-electron chi connectivity index (χ2n) is 9.79. The topological polar surface area (TPSA) is 102 Å². The molecule has 0 radical (unpaired) electrons. The van der Waals surface area contributed by atoms with Crippen molar-refractivity contribution in [3.05, 3.63) is 65.2 Å². The molecule has 0 aromatic heterocycles. The Hall–Kier alpha value is -2.90. The fraction of sp³-hybridized carbons (Fsp3) is 0.481. The van der Waals surface area contributed by atoms with Gasteiger partial charge in [0.05, 0.1) is 12.5 Å². The highest BCUT2D eigenvalue weighted by Gasteiger charge is 2.27. The van der Waals surface area contributed by atoms with Crippen molar-refractivity contribution >= 4 is 11.8 Å². The predicted octanol–water partition coefficient (Wildman–Crippen LogP) is 2.71. The van der Waals surface area contributed by atoms with Crippen LogP contribution in [0.2, 0.25) is 0 Å². The highest BCUT2D eigenvalue weighted by molar-refractivity contribution is 5.80. The Kier molecular flexibility index (Phi) is 8.69. The highest BCUT2D eigenvalue weighted by atomic mass is 16.3. The van der Waals surface area contributed by atoms with Crippen molar-refractivity contribution in [2.75, 3.05) is 19.6 Å². The number of aliphatic hydroxyl groups is 1. The SMILES string of the molecule is CCC(=O)NC1CCN(C(=O)Cc2cccc(CC(C)(C)NCC(O)c3ccc(O)cc3)c2)C1. The van der Waals surface area contributed by atoms with Crippen molar-refractivity contribution in [3.8, 4) is 5.75 Å². The lowest BCUT2D eigenvalue weighted by Crippen LogP contribution is -2.43. The summed E-state index contributed by atoms with van der Waals surface area (Å²) in [5.41, 5.74) is 2.58. The minimum atomic E-state index is -0.671. The van der Waals surface area contributed by atoms with Gasteiger partial charge in [-0.05, 0) is 55.5 Å². The Balaban J connectivity index is 1.51. The maximum absolute atomic E-state index is 12.8. The average molecular weight is 468 g/mol. The first kappa shape index (κ1) is 25.7. The van der Waals surface area contributed by atoms with E-state index in [0.29, 0.717) is 32.5 Å². The van der Waals surface area contributed by atoms with E-state index in [2.05, 4.69) is 36.6 Å². The predicted molar refractivity (Wildman–Crippen MR) is 132 cm³/mol. The summed E-state index contributed by atoms with van der Waals surface area (Å²) < 4.78 is 0. The Morgan fingerprint density at radius 3 is 2.56 bits per heavy atom. The molecular weight excluding hydrogens is 430 g/mol. The molecule has 1 aliphatic rings. The van der Waals surface area contributed by atoms with Crippen LogP contribution in [0.15, 0.2) is 48.5 Å². The van der Waals surface area contributed by atoms with Gasteiger partial charge in [0, 0.05) is 37.6 Å². The van der Waals surface area contributed by atoms with E-state index in [0.717, 1.165) is 29.5 Å². The molecule has 1 heterocycles. The van der Waals surface area contributed by atoms with Crippen LogP contribution in [-0.4, -0.2) is 58.1 Å². The summed E-state index contributed by atoms with van der Waals surface area (Å²) in [7, 11) is 0. The fourth-order valence-electron chi connectivity index (χ4n) is 4.33. The number of amides is 2. The second kappa shape index (κ2) is 11.5. The van der Waals surface area contributed by atoms with Gasteiger partial charge in [-0.25, -0.2) is 0 Å². The zero-order chi connectivity index (χ0) is 24.7. The number of phenolic OH excluding ortho intramolecular Hbond substituents is 1. The zero-order valence-electron chi connectivity index (χ0n) is 20.4. The van der Waals surface area contributed by atoms with Crippen molar-refractivity contribution in [2.45, 2.75) is 64.1 Å². The van der Waals surface area contributed by atoms with Gasteiger partial charge in [-0.3, -0.25) is 9.59 Å². The lowest BCUT2D eigenvalue weighted by atomic mass is 9.93. The van der Waals surface area contributed by atoms with Gasteiger partial charge in [0.1, 0.15) is 5.75 Å². The number of phenols is 1. The van der Waals surface area contributed by atoms with Crippen molar-refractivity contribution in [1.82, 2.24) is 15.5 Å². The third kappa shape index (κ3) is 7.57. The summed E-state index contributed by atoms with van der Waals surface area (Å²) in [6.07, 6.45) is 1.67. The molecule has 1 aliphatic heterocycles. The lowest BCUT2D eigenvalue weighted by Gasteiger charge is -2.28. The first-order chi connectivity index (χ1) is 16.1. The van der Waals surface area contributed by atoms with Gasteiger partial charge in [0.15, 0.2) is 0 Å². The van der Waals surface area contributed by atoms with E-state index < -0.39 is 6.10 Å². The van der Waals surface area contributed by atoms with E-state index in [1.165, 1.54) is 0 Å². The van der Waals surface area contributed by atoms with Crippen LogP contribution in [0.25, 0.3) is 0 Å². The summed E-state index contributed by atoms with van der Waals surface area (Å²) >= 11 is 0. The Morgan fingerprint density at radius 1 is 1.15 bits per heavy atom. The molecular formula is C27H37N3O4. The summed E-state index contributed by atoms with van der Waals surface area (Å²) in [5, 5.41) is 26.3. The smallest absolute Gasteiger partial charge is 0.227 e. The number of benzene rings is 2. The molecule has 2 aromatic rings. The molecule has 4 N–H and O–H groups in total. The molecule has 0 bridgehead atoms. The number of likely N-dealkylation sites (tertiary alicyclic amines) is 1. The number of carbonyl (C=O) groups is 2. The van der Waals surface area contributed by atoms with Gasteiger partial charge >= 0.3 is 0 Å². The zero-order valence-corrected chi connectivity index (χ0v) is 20.4. The van der Waals surface area contributed by atoms with E-state index in [4.69, 9.17) is 0 Å². The summed E-state index contributed by atoms with van der Waals surface area (Å²) in [4.78, 5) is 26.3. The van der Waals surface area contributed by atoms with Gasteiger partial charge < -0.3 is 25.7 Å². The standard InChI is InChI=1S/C27H37N3O4/c1-4-25(33)29-22-12-13-30(18-22)26(34)15-19-6-5-7-20(14-19)16-27(2,3)28-17-24(32)21-8-10-23(31)11-9-21/h5-11,14,22,24,28,31-32H,4,12-13,15-18H2,1-3H3,(H,29,33). The number of aromatic hydroxyl groups is 1. The molecule has 1 saturated heterocycles. The summed E-state index contributed by atoms with van der Waals surface area (Å²) in [5.74, 6) is 0.286. The van der Waals surface area contributed by atoms with Gasteiger partial charge in [0.2, 0.25) is 11.8 Å². The van der Waals surface area contributed by atoms with Crippen LogP contribution >= 0.6 is 0 Å². The Bertz CT molecular complexity index is 974. The summed E-state index contributed by atoms with van der Waals surface area (Å²) in [6, 6.07) is 14.7. The summed E-state index contributed by atoms with van der Waals surface area (Å²) in [6.45, 7) is 7.64. The molecule has 0 spiro atoms. The first-order valence-corrected chi connectivity index (χ1v) is 12.0. The minimum Gasteiger partial charge on any atom is -0.508 e. The number of β-amino-alcohol motifs (C(OH)–C–C–N with tert-alkyl or cyclic N) is 1. The van der Waals surface area contributed by atoms with Crippen LogP contribution in [0.5, 0.6) is 5.75 Å². The number of hydrogen-bond donors (Lipinski definition) is 4. The molecule has 0 aliphatic carbocycles. The van der Waals surface area contributed by atoms with Crippen molar-refractivity contribution < 1.29 is 19.8 Å². The molecule has 2 aromatic carbocycles. The molecule has 34 heavy (non-hydrogen) atoms. The van der Waals surface area contributed by atoms with E-state index >= 15 is 0 Å². The molecule has 2 amide bonds. The molecule has 7 heteroatoms. The molecule has 7 nitrogen and oxygen atoms in total. The van der Waals surface area contributed by atoms with Crippen molar-refractivity contribution in [1.29, 1.82) is 0 Å². The second-order valence-corrected chi connectivity index (χ2v) is 9.79. The van der Waals surface area contributed by atoms with Gasteiger partial charge in [-0.2, -0.15) is 0 Å². The van der Waals surface area contributed by atoms with Crippen molar-refractivity contribution in [2.24, 2.45) is 0 Å². The molecule has 1 fully saturated rings. The van der Waals surface area contributed by atoms with Crippen LogP contribution in [-0.2, 0) is 22.4 Å². The number of aliphatic hydroxyl groups excluding tert-OH is 1. The normalized spacial score (nSPS) is 16.9. The van der Waals surface area contributed by atoms with E-state index in [9.17, 15) is 19.8 Å². The van der Waals surface area contributed by atoms with Crippen LogP contribution in [0.3, 0.4) is 0 Å². The fourth-order valence-corrected chi connectivity index (χ4v) is 4.33. The first-order valence-electron chi connectivity index (χ1n) is 12.0. The van der Waals surface area contributed by atoms with E-state index in [1.54, 1.807) is 24.3 Å². The Labute approximate surface area is 202 Å². The number of nitrogens with zero attached hydrogens (tertiary/aromatic N) is 1. The largest absolute Gasteiger partial charge is 0.508 e. The molecule has 184 valence electrons.